The van der Waals surface area contributed by atoms with E-state index in [9.17, 15) is 9.67 Å². The van der Waals surface area contributed by atoms with Crippen molar-refractivity contribution < 1.29 is 18.7 Å². The summed E-state index contributed by atoms with van der Waals surface area (Å²) in [4.78, 5) is 0. The van der Waals surface area contributed by atoms with Gasteiger partial charge in [0.1, 0.15) is 0 Å². The molecule has 0 aliphatic heterocycles. The molecule has 0 bridgehead atoms. The Hall–Kier alpha value is -0.150. The highest BCUT2D eigenvalue weighted by Gasteiger charge is 2.29. The van der Waals surface area contributed by atoms with Gasteiger partial charge in [-0.2, -0.15) is 0 Å². The van der Waals surface area contributed by atoms with Crippen molar-refractivity contribution in [1.82, 2.24) is 0 Å². The van der Waals surface area contributed by atoms with E-state index in [4.69, 9.17) is 9.05 Å². The van der Waals surface area contributed by atoms with Crippen molar-refractivity contribution in [2.45, 2.75) is 25.4 Å². The lowest BCUT2D eigenvalue weighted by Gasteiger charge is -2.22. The third kappa shape index (κ3) is 2.41. The molecule has 0 radical (unpaired) electrons. The van der Waals surface area contributed by atoms with Crippen LogP contribution >= 0.6 is 7.60 Å². The highest BCUT2D eigenvalue weighted by atomic mass is 31.2. The average Bonchev–Trinajstić information content (AvgIpc) is 2.17. The molecule has 4 nitrogen and oxygen atoms in total. The molecule has 0 amide bonds. The van der Waals surface area contributed by atoms with Gasteiger partial charge in [-0.05, 0) is 25.3 Å². The van der Waals surface area contributed by atoms with Gasteiger partial charge < -0.3 is 14.2 Å². The Labute approximate surface area is 78.1 Å². The van der Waals surface area contributed by atoms with Gasteiger partial charge in [-0.3, -0.25) is 4.57 Å². The van der Waals surface area contributed by atoms with Crippen molar-refractivity contribution in [3.05, 3.63) is 11.4 Å². The van der Waals surface area contributed by atoms with Crippen LogP contribution in [0.1, 0.15) is 19.3 Å². The predicted molar refractivity (Wildman–Crippen MR) is 49.6 cm³/mol. The zero-order valence-corrected chi connectivity index (χ0v) is 8.79. The fourth-order valence-electron chi connectivity index (χ4n) is 1.42. The molecule has 5 heteroatoms. The molecule has 0 aromatic rings. The van der Waals surface area contributed by atoms with E-state index >= 15 is 0 Å². The Morgan fingerprint density at radius 3 is 2.62 bits per heavy atom. The lowest BCUT2D eigenvalue weighted by Crippen LogP contribution is -2.10. The fraction of sp³-hybridized carbons (Fsp3) is 0.750. The van der Waals surface area contributed by atoms with Crippen LogP contribution in [-0.4, -0.2) is 25.4 Å². The van der Waals surface area contributed by atoms with Crippen molar-refractivity contribution in [2.24, 2.45) is 0 Å². The first-order valence-electron chi connectivity index (χ1n) is 4.23. The Kier molecular flexibility index (Phi) is 3.68. The molecule has 1 N–H and O–H groups in total. The van der Waals surface area contributed by atoms with Gasteiger partial charge in [-0.1, -0.05) is 0 Å². The molecule has 0 saturated heterocycles. The molecule has 1 atom stereocenters. The first-order chi connectivity index (χ1) is 6.12. The minimum Gasteiger partial charge on any atom is -0.389 e. The van der Waals surface area contributed by atoms with Crippen LogP contribution in [0.15, 0.2) is 11.4 Å². The van der Waals surface area contributed by atoms with Crippen LogP contribution in [0.5, 0.6) is 0 Å². The maximum absolute atomic E-state index is 11.8. The van der Waals surface area contributed by atoms with Crippen LogP contribution in [0.3, 0.4) is 0 Å². The van der Waals surface area contributed by atoms with E-state index in [-0.39, 0.29) is 0 Å². The Balaban J connectivity index is 2.85. The summed E-state index contributed by atoms with van der Waals surface area (Å²) < 4.78 is 21.5. The second-order valence-electron chi connectivity index (χ2n) is 2.98. The van der Waals surface area contributed by atoms with Gasteiger partial charge in [0, 0.05) is 19.5 Å². The van der Waals surface area contributed by atoms with Crippen molar-refractivity contribution in [2.75, 3.05) is 14.2 Å². The number of hydrogen-bond donors (Lipinski definition) is 1. The monoisotopic (exact) mass is 206 g/mol. The molecular formula is C8H15O4P. The van der Waals surface area contributed by atoms with Crippen LogP contribution in [0, 0.1) is 0 Å². The Bertz CT molecular complexity index is 241. The molecule has 13 heavy (non-hydrogen) atoms. The summed E-state index contributed by atoms with van der Waals surface area (Å²) in [5.41, 5.74) is 0. The van der Waals surface area contributed by atoms with Crippen molar-refractivity contribution in [3.8, 4) is 0 Å². The van der Waals surface area contributed by atoms with Gasteiger partial charge >= 0.3 is 7.60 Å². The summed E-state index contributed by atoms with van der Waals surface area (Å²) in [5, 5.41) is 9.92. The molecule has 76 valence electrons. The van der Waals surface area contributed by atoms with Gasteiger partial charge in [0.2, 0.25) is 0 Å². The molecule has 1 aliphatic rings. The fourth-order valence-corrected chi connectivity index (χ4v) is 2.82. The summed E-state index contributed by atoms with van der Waals surface area (Å²) in [6, 6.07) is 0. The van der Waals surface area contributed by atoms with E-state index in [1.54, 1.807) is 6.08 Å². The maximum atomic E-state index is 11.8. The third-order valence-electron chi connectivity index (χ3n) is 2.15. The highest BCUT2D eigenvalue weighted by Crippen LogP contribution is 2.57. The van der Waals surface area contributed by atoms with Gasteiger partial charge in [0.15, 0.2) is 0 Å². The van der Waals surface area contributed by atoms with Crippen LogP contribution in [-0.2, 0) is 13.6 Å². The van der Waals surface area contributed by atoms with E-state index in [0.717, 1.165) is 12.8 Å². The lowest BCUT2D eigenvalue weighted by atomic mass is 10.1. The molecule has 0 heterocycles. The molecule has 0 unspecified atom stereocenters. The average molecular weight is 206 g/mol. The van der Waals surface area contributed by atoms with E-state index in [1.807, 2.05) is 0 Å². The van der Waals surface area contributed by atoms with Gasteiger partial charge in [-0.25, -0.2) is 0 Å². The second kappa shape index (κ2) is 4.38. The lowest BCUT2D eigenvalue weighted by molar-refractivity contribution is 0.201. The van der Waals surface area contributed by atoms with E-state index in [1.165, 1.54) is 14.2 Å². The number of rotatable bonds is 3. The second-order valence-corrected chi connectivity index (χ2v) is 5.28. The Morgan fingerprint density at radius 1 is 1.54 bits per heavy atom. The first-order valence-corrected chi connectivity index (χ1v) is 5.77. The van der Waals surface area contributed by atoms with Gasteiger partial charge in [0.25, 0.3) is 0 Å². The van der Waals surface area contributed by atoms with Crippen LogP contribution in [0.2, 0.25) is 0 Å². The molecule has 0 aromatic heterocycles. The predicted octanol–water partition coefficient (Wildman–Crippen LogP) is 1.90. The van der Waals surface area contributed by atoms with Crippen LogP contribution in [0.4, 0.5) is 0 Å². The first kappa shape index (κ1) is 10.9. The molecule has 1 rings (SSSR count). The molecular weight excluding hydrogens is 191 g/mol. The largest absolute Gasteiger partial charge is 0.389 e. The zero-order chi connectivity index (χ0) is 9.90. The number of hydrogen-bond acceptors (Lipinski definition) is 4. The van der Waals surface area contributed by atoms with E-state index < -0.39 is 13.7 Å². The van der Waals surface area contributed by atoms with Crippen LogP contribution < -0.4 is 0 Å². The van der Waals surface area contributed by atoms with Crippen LogP contribution in [0.25, 0.3) is 0 Å². The smallest absolute Gasteiger partial charge is 0.356 e. The zero-order valence-electron chi connectivity index (χ0n) is 7.90. The summed E-state index contributed by atoms with van der Waals surface area (Å²) in [6.45, 7) is 0. The minimum atomic E-state index is -3.09. The van der Waals surface area contributed by atoms with Gasteiger partial charge in [0.05, 0.1) is 6.10 Å². The Morgan fingerprint density at radius 2 is 2.15 bits per heavy atom. The summed E-state index contributed by atoms with van der Waals surface area (Å²) in [5.74, 6) is 0. The number of allylic oxidation sites excluding steroid dienone is 1. The van der Waals surface area contributed by atoms with E-state index in [0.29, 0.717) is 11.7 Å². The topological polar surface area (TPSA) is 55.8 Å². The molecule has 0 aromatic carbocycles. The maximum Gasteiger partial charge on any atom is 0.356 e. The molecule has 0 fully saturated rings. The van der Waals surface area contributed by atoms with Crippen molar-refractivity contribution in [1.29, 1.82) is 0 Å². The summed E-state index contributed by atoms with van der Waals surface area (Å²) >= 11 is 0. The number of aliphatic hydroxyl groups is 1. The number of aliphatic hydroxyl groups excluding tert-OH is 1. The summed E-state index contributed by atoms with van der Waals surface area (Å²) in [6.07, 6.45) is 3.29. The highest BCUT2D eigenvalue weighted by molar-refractivity contribution is 7.58. The van der Waals surface area contributed by atoms with Crippen molar-refractivity contribution >= 4 is 7.60 Å². The van der Waals surface area contributed by atoms with E-state index in [2.05, 4.69) is 0 Å². The standard InChI is InChI=1S/C8H15O4P/c1-11-13(10,12-2)8-5-3-4-7(9)6-8/h6-7,9H,3-5H2,1-2H3/t7-/m0/s1. The molecule has 0 saturated carbocycles. The molecule has 1 aliphatic carbocycles. The minimum absolute atomic E-state index is 0.512. The van der Waals surface area contributed by atoms with Gasteiger partial charge in [-0.15, -0.1) is 0 Å². The quantitative estimate of drug-likeness (QED) is 0.716. The van der Waals surface area contributed by atoms with Crippen molar-refractivity contribution in [3.63, 3.8) is 0 Å². The molecule has 0 spiro atoms. The third-order valence-corrected chi connectivity index (χ3v) is 4.19. The SMILES string of the molecule is COP(=O)(OC)C1=C[C@@H](O)CCC1. The normalized spacial score (nSPS) is 24.2. The summed E-state index contributed by atoms with van der Waals surface area (Å²) in [7, 11) is -0.386.